The van der Waals surface area contributed by atoms with E-state index in [9.17, 15) is 9.90 Å². The van der Waals surface area contributed by atoms with Crippen LogP contribution in [0.2, 0.25) is 0 Å². The molecule has 0 unspecified atom stereocenters. The van der Waals surface area contributed by atoms with Gasteiger partial charge in [-0.1, -0.05) is 22.9 Å². The van der Waals surface area contributed by atoms with Gasteiger partial charge in [0.2, 0.25) is 0 Å². The molecule has 0 saturated heterocycles. The van der Waals surface area contributed by atoms with Gasteiger partial charge in [-0.2, -0.15) is 5.10 Å². The number of carbonyl (C=O) groups is 1. The minimum Gasteiger partial charge on any atom is -0.506 e. The summed E-state index contributed by atoms with van der Waals surface area (Å²) in [6.07, 6.45) is 2.73. The molecular weight excluding hydrogens is 498 g/mol. The van der Waals surface area contributed by atoms with Gasteiger partial charge in [-0.3, -0.25) is 4.79 Å². The number of nitrogens with one attached hydrogen (secondary N) is 1. The van der Waals surface area contributed by atoms with E-state index in [-0.39, 0.29) is 16.9 Å². The molecule has 29 heavy (non-hydrogen) atoms. The van der Waals surface area contributed by atoms with Crippen LogP contribution >= 0.6 is 31.9 Å². The molecule has 0 bridgehead atoms. The second-order valence-electron chi connectivity index (χ2n) is 8.23. The first-order chi connectivity index (χ1) is 13.5. The van der Waals surface area contributed by atoms with Crippen molar-refractivity contribution in [2.24, 2.45) is 5.10 Å². The van der Waals surface area contributed by atoms with Crippen LogP contribution in [0.5, 0.6) is 5.75 Å². The van der Waals surface area contributed by atoms with Gasteiger partial charge in [0, 0.05) is 22.7 Å². The molecule has 1 atom stereocenters. The van der Waals surface area contributed by atoms with Gasteiger partial charge in [0.1, 0.15) is 5.75 Å². The smallest absolute Gasteiger partial charge is 0.275 e. The largest absolute Gasteiger partial charge is 0.506 e. The average molecular weight is 523 g/mol. The summed E-state index contributed by atoms with van der Waals surface area (Å²) in [6.45, 7) is 8.82. The molecule has 154 valence electrons. The Bertz CT molecular complexity index is 1000. The molecule has 2 aromatic rings. The predicted molar refractivity (Wildman–Crippen MR) is 125 cm³/mol. The van der Waals surface area contributed by atoms with E-state index in [2.05, 4.69) is 87.2 Å². The van der Waals surface area contributed by atoms with Crippen molar-refractivity contribution in [3.8, 4) is 5.75 Å². The highest BCUT2D eigenvalue weighted by Gasteiger charge is 2.34. The minimum absolute atomic E-state index is 0.114. The Hall–Kier alpha value is -1.86. The molecule has 1 amide bonds. The van der Waals surface area contributed by atoms with Gasteiger partial charge in [0.25, 0.3) is 5.91 Å². The lowest BCUT2D eigenvalue weighted by Gasteiger charge is -2.45. The molecule has 0 radical (unpaired) electrons. The van der Waals surface area contributed by atoms with Crippen molar-refractivity contribution in [2.45, 2.75) is 45.6 Å². The number of carbonyl (C=O) groups excluding carboxylic acids is 1. The van der Waals surface area contributed by atoms with E-state index in [0.717, 1.165) is 17.5 Å². The summed E-state index contributed by atoms with van der Waals surface area (Å²) < 4.78 is 1.12. The van der Waals surface area contributed by atoms with Crippen molar-refractivity contribution in [2.75, 3.05) is 11.9 Å². The second kappa shape index (κ2) is 8.11. The zero-order chi connectivity index (χ0) is 21.5. The SMILES string of the molecule is Cc1cc2c(cc1/C=N\NC(=O)c1cc(Br)cc(Br)c1O)[C@H](C)CC(C)(C)N2C. The summed E-state index contributed by atoms with van der Waals surface area (Å²) in [5, 5.41) is 14.2. The van der Waals surface area contributed by atoms with Crippen LogP contribution in [0.25, 0.3) is 0 Å². The Kier molecular flexibility index (Phi) is 6.11. The van der Waals surface area contributed by atoms with E-state index in [1.54, 1.807) is 18.3 Å². The number of halogens is 2. The summed E-state index contributed by atoms with van der Waals surface area (Å²) in [5.74, 6) is -0.161. The van der Waals surface area contributed by atoms with Gasteiger partial charge < -0.3 is 10.0 Å². The molecule has 0 saturated carbocycles. The van der Waals surface area contributed by atoms with Crippen molar-refractivity contribution in [3.05, 3.63) is 55.5 Å². The second-order valence-corrected chi connectivity index (χ2v) is 10.00. The van der Waals surface area contributed by atoms with Crippen LogP contribution in [0.1, 0.15) is 60.2 Å². The van der Waals surface area contributed by atoms with Crippen LogP contribution in [0.3, 0.4) is 0 Å². The molecule has 3 rings (SSSR count). The van der Waals surface area contributed by atoms with Crippen molar-refractivity contribution in [1.29, 1.82) is 0 Å². The molecular formula is C22H25Br2N3O2. The summed E-state index contributed by atoms with van der Waals surface area (Å²) in [5.41, 5.74) is 7.35. The molecule has 0 aliphatic carbocycles. The van der Waals surface area contributed by atoms with Crippen molar-refractivity contribution in [1.82, 2.24) is 5.43 Å². The van der Waals surface area contributed by atoms with Gasteiger partial charge in [-0.15, -0.1) is 0 Å². The number of amides is 1. The van der Waals surface area contributed by atoms with Gasteiger partial charge in [0.15, 0.2) is 0 Å². The zero-order valence-electron chi connectivity index (χ0n) is 17.2. The highest BCUT2D eigenvalue weighted by Crippen LogP contribution is 2.43. The number of rotatable bonds is 3. The molecule has 1 heterocycles. The number of hydrogen-bond acceptors (Lipinski definition) is 4. The third-order valence-electron chi connectivity index (χ3n) is 5.66. The maximum atomic E-state index is 12.4. The Balaban J connectivity index is 1.84. The molecule has 0 spiro atoms. The maximum absolute atomic E-state index is 12.4. The Labute approximate surface area is 188 Å². The highest BCUT2D eigenvalue weighted by molar-refractivity contribution is 9.11. The number of benzene rings is 2. The number of fused-ring (bicyclic) bond motifs is 1. The molecule has 2 N–H and O–H groups in total. The maximum Gasteiger partial charge on any atom is 0.275 e. The lowest BCUT2D eigenvalue weighted by atomic mass is 9.79. The summed E-state index contributed by atoms with van der Waals surface area (Å²) >= 11 is 6.55. The number of aromatic hydroxyl groups is 1. The number of phenolic OH excluding ortho intramolecular Hbond substituents is 1. The number of anilines is 1. The van der Waals surface area contributed by atoms with Gasteiger partial charge in [-0.25, -0.2) is 5.43 Å². The number of hydrazone groups is 1. The Morgan fingerprint density at radius 1 is 1.31 bits per heavy atom. The van der Waals surface area contributed by atoms with Crippen LogP contribution in [0, 0.1) is 6.92 Å². The predicted octanol–water partition coefficient (Wildman–Crippen LogP) is 5.71. The Morgan fingerprint density at radius 2 is 2.00 bits per heavy atom. The number of nitrogens with zero attached hydrogens (tertiary/aromatic N) is 2. The standard InChI is InChI=1S/C22H25Br2N3O2/c1-12-6-19-16(13(2)10-22(3,4)27(19)5)7-14(12)11-25-26-21(29)17-8-15(23)9-18(24)20(17)28/h6-9,11,13,28H,10H2,1-5H3,(H,26,29)/b25-11-/t13-/m1/s1. The molecule has 1 aliphatic heterocycles. The number of hydrogen-bond donors (Lipinski definition) is 2. The zero-order valence-corrected chi connectivity index (χ0v) is 20.3. The van der Waals surface area contributed by atoms with Crippen molar-refractivity contribution < 1.29 is 9.90 Å². The van der Waals surface area contributed by atoms with Crippen LogP contribution in [-0.2, 0) is 0 Å². The van der Waals surface area contributed by atoms with Gasteiger partial charge >= 0.3 is 0 Å². The minimum atomic E-state index is -0.480. The number of aryl methyl sites for hydroxylation is 1. The molecule has 0 aromatic heterocycles. The third kappa shape index (κ3) is 4.36. The van der Waals surface area contributed by atoms with Crippen LogP contribution in [-0.4, -0.2) is 29.8 Å². The fourth-order valence-electron chi connectivity index (χ4n) is 3.83. The monoisotopic (exact) mass is 521 g/mol. The highest BCUT2D eigenvalue weighted by atomic mass is 79.9. The van der Waals surface area contributed by atoms with Gasteiger partial charge in [0.05, 0.1) is 16.3 Å². The van der Waals surface area contributed by atoms with E-state index in [1.165, 1.54) is 11.3 Å². The molecule has 2 aromatic carbocycles. The van der Waals surface area contributed by atoms with E-state index in [0.29, 0.717) is 14.9 Å². The lowest BCUT2D eigenvalue weighted by Crippen LogP contribution is -2.45. The topological polar surface area (TPSA) is 64.9 Å². The molecule has 0 fully saturated rings. The average Bonchev–Trinajstić information content (AvgIpc) is 2.63. The first kappa shape index (κ1) is 21.8. The van der Waals surface area contributed by atoms with E-state index >= 15 is 0 Å². The fourth-order valence-corrected chi connectivity index (χ4v) is 5.06. The summed E-state index contributed by atoms with van der Waals surface area (Å²) in [4.78, 5) is 14.8. The quantitative estimate of drug-likeness (QED) is 0.400. The van der Waals surface area contributed by atoms with E-state index in [4.69, 9.17) is 0 Å². The first-order valence-electron chi connectivity index (χ1n) is 9.41. The fraction of sp³-hybridized carbons (Fsp3) is 0.364. The molecule has 5 nitrogen and oxygen atoms in total. The van der Waals surface area contributed by atoms with E-state index in [1.807, 2.05) is 6.92 Å². The summed E-state index contributed by atoms with van der Waals surface area (Å²) in [7, 11) is 2.14. The van der Waals surface area contributed by atoms with Crippen LogP contribution < -0.4 is 10.3 Å². The lowest BCUT2D eigenvalue weighted by molar-refractivity contribution is 0.0952. The Morgan fingerprint density at radius 3 is 2.69 bits per heavy atom. The van der Waals surface area contributed by atoms with Crippen molar-refractivity contribution >= 4 is 49.7 Å². The van der Waals surface area contributed by atoms with Gasteiger partial charge in [-0.05, 0) is 90.0 Å². The first-order valence-corrected chi connectivity index (χ1v) is 11.0. The van der Waals surface area contributed by atoms with E-state index < -0.39 is 5.91 Å². The molecule has 1 aliphatic rings. The van der Waals surface area contributed by atoms with Crippen LogP contribution in [0.4, 0.5) is 5.69 Å². The molecule has 7 heteroatoms. The van der Waals surface area contributed by atoms with Crippen molar-refractivity contribution in [3.63, 3.8) is 0 Å². The summed E-state index contributed by atoms with van der Waals surface area (Å²) in [6, 6.07) is 7.57. The normalized spacial score (nSPS) is 18.0. The third-order valence-corrected chi connectivity index (χ3v) is 6.73. The van der Waals surface area contributed by atoms with Crippen LogP contribution in [0.15, 0.2) is 38.3 Å². The number of phenols is 1.